The summed E-state index contributed by atoms with van der Waals surface area (Å²) in [6.45, 7) is 0. The van der Waals surface area contributed by atoms with Gasteiger partial charge < -0.3 is 4.74 Å². The van der Waals surface area contributed by atoms with E-state index in [1.807, 2.05) is 30.3 Å². The van der Waals surface area contributed by atoms with Crippen molar-refractivity contribution >= 4 is 6.08 Å². The molecule has 0 saturated heterocycles. The summed E-state index contributed by atoms with van der Waals surface area (Å²) in [5.74, 6) is 0. The van der Waals surface area contributed by atoms with Gasteiger partial charge in [0.1, 0.15) is 12.4 Å². The van der Waals surface area contributed by atoms with Gasteiger partial charge in [-0.3, -0.25) is 0 Å². The molecular formula is C10H8O. The molecule has 0 aromatic heterocycles. The summed E-state index contributed by atoms with van der Waals surface area (Å²) in [6, 6.07) is 9.80. The van der Waals surface area contributed by atoms with Crippen LogP contribution < -0.4 is 0 Å². The van der Waals surface area contributed by atoms with Gasteiger partial charge in [0.25, 0.3) is 0 Å². The van der Waals surface area contributed by atoms with Gasteiger partial charge in [0, 0.05) is 0 Å². The molecular weight excluding hydrogens is 136 g/mol. The second kappa shape index (κ2) is 4.19. The van der Waals surface area contributed by atoms with E-state index >= 15 is 0 Å². The first-order chi connectivity index (χ1) is 5.43. The van der Waals surface area contributed by atoms with E-state index in [0.29, 0.717) is 0 Å². The van der Waals surface area contributed by atoms with Crippen LogP contribution in [0.2, 0.25) is 0 Å². The van der Waals surface area contributed by atoms with Gasteiger partial charge in [-0.1, -0.05) is 36.8 Å². The van der Waals surface area contributed by atoms with Crippen molar-refractivity contribution in [2.45, 2.75) is 0 Å². The molecule has 11 heavy (non-hydrogen) atoms. The van der Waals surface area contributed by atoms with Crippen LogP contribution in [0.5, 0.6) is 0 Å². The van der Waals surface area contributed by atoms with Crippen LogP contribution in [-0.2, 0) is 4.74 Å². The lowest BCUT2D eigenvalue weighted by Crippen LogP contribution is -1.69. The zero-order valence-electron chi connectivity index (χ0n) is 6.03. The maximum Gasteiger partial charge on any atom is 0.112 e. The second-order valence-electron chi connectivity index (χ2n) is 1.95. The molecule has 0 fully saturated rings. The van der Waals surface area contributed by atoms with Crippen molar-refractivity contribution in [1.82, 2.24) is 0 Å². The number of hydrogen-bond acceptors (Lipinski definition) is 1. The van der Waals surface area contributed by atoms with Crippen molar-refractivity contribution in [2.24, 2.45) is 0 Å². The van der Waals surface area contributed by atoms with Crippen LogP contribution in [0.3, 0.4) is 0 Å². The van der Waals surface area contributed by atoms with Crippen LogP contribution in [0.1, 0.15) is 5.56 Å². The Balaban J connectivity index is 2.59. The first kappa shape index (κ1) is 7.43. The van der Waals surface area contributed by atoms with Crippen molar-refractivity contribution < 1.29 is 4.74 Å². The molecule has 0 radical (unpaired) electrons. The van der Waals surface area contributed by atoms with Crippen LogP contribution in [0.4, 0.5) is 0 Å². The Bertz CT molecular complexity index is 267. The highest BCUT2D eigenvalue weighted by Gasteiger charge is 1.80. The molecule has 0 spiro atoms. The Morgan fingerprint density at radius 2 is 2.00 bits per heavy atom. The van der Waals surface area contributed by atoms with Crippen molar-refractivity contribution in [3.05, 3.63) is 42.2 Å². The predicted octanol–water partition coefficient (Wildman–Crippen LogP) is 2.26. The van der Waals surface area contributed by atoms with E-state index in [-0.39, 0.29) is 0 Å². The van der Waals surface area contributed by atoms with E-state index in [1.165, 1.54) is 6.26 Å². The molecule has 0 saturated carbocycles. The Morgan fingerprint density at radius 1 is 1.27 bits per heavy atom. The van der Waals surface area contributed by atoms with Gasteiger partial charge in [-0.15, -0.1) is 0 Å². The topological polar surface area (TPSA) is 9.23 Å². The van der Waals surface area contributed by atoms with E-state index in [9.17, 15) is 0 Å². The van der Waals surface area contributed by atoms with E-state index < -0.39 is 0 Å². The van der Waals surface area contributed by atoms with Crippen LogP contribution in [0.15, 0.2) is 36.6 Å². The zero-order chi connectivity index (χ0) is 7.94. The second-order valence-corrected chi connectivity index (χ2v) is 1.95. The van der Waals surface area contributed by atoms with Crippen LogP contribution in [0.25, 0.3) is 6.08 Å². The molecule has 1 aromatic rings. The molecule has 1 heteroatoms. The van der Waals surface area contributed by atoms with Gasteiger partial charge >= 0.3 is 0 Å². The first-order valence-corrected chi connectivity index (χ1v) is 3.26. The third-order valence-corrected chi connectivity index (χ3v) is 1.20. The minimum atomic E-state index is 1.07. The Kier molecular flexibility index (Phi) is 2.83. The molecule has 0 heterocycles. The minimum Gasteiger partial charge on any atom is -0.416 e. The maximum atomic E-state index is 4.87. The third-order valence-electron chi connectivity index (χ3n) is 1.20. The van der Waals surface area contributed by atoms with E-state index in [0.717, 1.165) is 5.56 Å². The summed E-state index contributed by atoms with van der Waals surface area (Å²) in [7, 11) is 0. The fraction of sp³-hybridized carbons (Fsp3) is 0. The minimum absolute atomic E-state index is 1.07. The van der Waals surface area contributed by atoms with Gasteiger partial charge in [0.05, 0.1) is 0 Å². The SMILES string of the molecule is C#COC=Cc1ccccc1. The van der Waals surface area contributed by atoms with E-state index in [4.69, 9.17) is 6.42 Å². The molecule has 0 N–H and O–H groups in total. The average Bonchev–Trinajstić information content (AvgIpc) is 2.07. The lowest BCUT2D eigenvalue weighted by Gasteiger charge is -1.88. The standard InChI is InChI=1S/C10H8O/c1-2-11-9-8-10-6-4-3-5-7-10/h1,3-9H. The van der Waals surface area contributed by atoms with Gasteiger partial charge in [0.2, 0.25) is 0 Å². The predicted molar refractivity (Wildman–Crippen MR) is 45.4 cm³/mol. The molecule has 1 nitrogen and oxygen atoms in total. The molecule has 0 atom stereocenters. The highest BCUT2D eigenvalue weighted by atomic mass is 16.5. The van der Waals surface area contributed by atoms with Crippen LogP contribution >= 0.6 is 0 Å². The summed E-state index contributed by atoms with van der Waals surface area (Å²) < 4.78 is 4.58. The maximum absolute atomic E-state index is 4.87. The van der Waals surface area contributed by atoms with Gasteiger partial charge in [0.15, 0.2) is 0 Å². The fourth-order valence-electron chi connectivity index (χ4n) is 0.716. The molecule has 0 unspecified atom stereocenters. The number of benzene rings is 1. The molecule has 54 valence electrons. The summed E-state index contributed by atoms with van der Waals surface area (Å²) in [4.78, 5) is 0. The Hall–Kier alpha value is -1.68. The summed E-state index contributed by atoms with van der Waals surface area (Å²) >= 11 is 0. The highest BCUT2D eigenvalue weighted by Crippen LogP contribution is 2.00. The number of hydrogen-bond donors (Lipinski definition) is 0. The van der Waals surface area contributed by atoms with Crippen molar-refractivity contribution in [3.8, 4) is 12.5 Å². The van der Waals surface area contributed by atoms with E-state index in [1.54, 1.807) is 6.08 Å². The number of rotatable bonds is 2. The lowest BCUT2D eigenvalue weighted by atomic mass is 10.2. The number of terminal acetylenes is 1. The fourth-order valence-corrected chi connectivity index (χ4v) is 0.716. The Morgan fingerprint density at radius 3 is 2.64 bits per heavy atom. The molecule has 0 aliphatic rings. The normalized spacial score (nSPS) is 9.36. The molecule has 0 bridgehead atoms. The van der Waals surface area contributed by atoms with Gasteiger partial charge in [-0.25, -0.2) is 0 Å². The third kappa shape index (κ3) is 2.59. The molecule has 0 aliphatic heterocycles. The van der Waals surface area contributed by atoms with Crippen LogP contribution in [0, 0.1) is 12.5 Å². The molecule has 1 aromatic carbocycles. The quantitative estimate of drug-likeness (QED) is 0.457. The largest absolute Gasteiger partial charge is 0.416 e. The highest BCUT2D eigenvalue weighted by molar-refractivity contribution is 5.47. The van der Waals surface area contributed by atoms with Crippen LogP contribution in [-0.4, -0.2) is 0 Å². The van der Waals surface area contributed by atoms with Gasteiger partial charge in [-0.05, 0) is 11.6 Å². The molecule has 1 rings (SSSR count). The summed E-state index contributed by atoms with van der Waals surface area (Å²) in [5.41, 5.74) is 1.07. The van der Waals surface area contributed by atoms with Crippen molar-refractivity contribution in [2.75, 3.05) is 0 Å². The van der Waals surface area contributed by atoms with Gasteiger partial charge in [-0.2, -0.15) is 0 Å². The Labute approximate surface area is 66.3 Å². The van der Waals surface area contributed by atoms with Crippen molar-refractivity contribution in [3.63, 3.8) is 0 Å². The zero-order valence-corrected chi connectivity index (χ0v) is 6.03. The smallest absolute Gasteiger partial charge is 0.112 e. The first-order valence-electron chi connectivity index (χ1n) is 3.26. The van der Waals surface area contributed by atoms with Crippen molar-refractivity contribution in [1.29, 1.82) is 0 Å². The average molecular weight is 144 g/mol. The lowest BCUT2D eigenvalue weighted by molar-refractivity contribution is 0.445. The summed E-state index contributed by atoms with van der Waals surface area (Å²) in [6.07, 6.45) is 10.2. The molecule has 0 aliphatic carbocycles. The number of ether oxygens (including phenoxy) is 1. The van der Waals surface area contributed by atoms with E-state index in [2.05, 4.69) is 10.8 Å². The molecule has 0 amide bonds. The summed E-state index contributed by atoms with van der Waals surface area (Å²) in [5, 5.41) is 0. The monoisotopic (exact) mass is 144 g/mol.